The average Bonchev–Trinajstić information content (AvgIpc) is 1.63. The van der Waals surface area contributed by atoms with Gasteiger partial charge in [-0.05, 0) is 25.5 Å². The van der Waals surface area contributed by atoms with Crippen molar-refractivity contribution in [3.8, 4) is 0 Å². The molecular formula is C8H12O. The van der Waals surface area contributed by atoms with Crippen molar-refractivity contribution >= 4 is 0 Å². The molecule has 0 rings (SSSR count). The summed E-state index contributed by atoms with van der Waals surface area (Å²) in [6, 6.07) is 0. The first-order chi connectivity index (χ1) is 4.16. The van der Waals surface area contributed by atoms with Gasteiger partial charge >= 0.3 is 0 Å². The Bertz CT molecular complexity index is 152. The molecule has 1 heteroatoms. The molecule has 9 heavy (non-hydrogen) atoms. The molecule has 0 aromatic heterocycles. The lowest BCUT2D eigenvalue weighted by molar-refractivity contribution is 0.435. The highest BCUT2D eigenvalue weighted by Crippen LogP contribution is 1.97. The molecule has 50 valence electrons. The summed E-state index contributed by atoms with van der Waals surface area (Å²) in [5.74, 6) is 0.102. The second kappa shape index (κ2) is 3.96. The van der Waals surface area contributed by atoms with Crippen LogP contribution in [-0.2, 0) is 0 Å². The standard InChI is InChI=1S/C8H12O/c1-4-5-7(2)6-8(3)9/h4-6,9H,3H2,1-2H3/b5-4-,7-6+. The second-order valence-electron chi connectivity index (χ2n) is 1.88. The van der Waals surface area contributed by atoms with Crippen molar-refractivity contribution in [2.45, 2.75) is 13.8 Å². The lowest BCUT2D eigenvalue weighted by Gasteiger charge is -1.88. The Hall–Kier alpha value is -0.980. The maximum absolute atomic E-state index is 8.64. The van der Waals surface area contributed by atoms with Crippen molar-refractivity contribution < 1.29 is 5.11 Å². The van der Waals surface area contributed by atoms with Gasteiger partial charge in [-0.25, -0.2) is 0 Å². The Morgan fingerprint density at radius 1 is 1.56 bits per heavy atom. The average molecular weight is 124 g/mol. The molecule has 0 aliphatic rings. The van der Waals surface area contributed by atoms with Crippen LogP contribution in [0.4, 0.5) is 0 Å². The van der Waals surface area contributed by atoms with Gasteiger partial charge in [0.2, 0.25) is 0 Å². The molecule has 0 aromatic rings. The van der Waals surface area contributed by atoms with Crippen LogP contribution < -0.4 is 0 Å². The van der Waals surface area contributed by atoms with E-state index in [0.717, 1.165) is 5.57 Å². The molecule has 0 heterocycles. The minimum absolute atomic E-state index is 0.102. The molecule has 0 bridgehead atoms. The van der Waals surface area contributed by atoms with Gasteiger partial charge in [0.25, 0.3) is 0 Å². The highest BCUT2D eigenvalue weighted by Gasteiger charge is 1.80. The van der Waals surface area contributed by atoms with Crippen LogP contribution in [-0.4, -0.2) is 5.11 Å². The maximum Gasteiger partial charge on any atom is 0.108 e. The maximum atomic E-state index is 8.64. The van der Waals surface area contributed by atoms with E-state index in [9.17, 15) is 0 Å². The summed E-state index contributed by atoms with van der Waals surface area (Å²) in [7, 11) is 0. The van der Waals surface area contributed by atoms with Crippen LogP contribution >= 0.6 is 0 Å². The first-order valence-corrected chi connectivity index (χ1v) is 2.85. The summed E-state index contributed by atoms with van der Waals surface area (Å²) in [6.45, 7) is 7.15. The van der Waals surface area contributed by atoms with Crippen molar-refractivity contribution in [3.05, 3.63) is 36.1 Å². The van der Waals surface area contributed by atoms with Crippen LogP contribution in [0.1, 0.15) is 13.8 Å². The van der Waals surface area contributed by atoms with Gasteiger partial charge < -0.3 is 5.11 Å². The zero-order valence-electron chi connectivity index (χ0n) is 5.89. The zero-order valence-corrected chi connectivity index (χ0v) is 5.89. The van der Waals surface area contributed by atoms with Gasteiger partial charge in [-0.15, -0.1) is 0 Å². The highest BCUT2D eigenvalue weighted by atomic mass is 16.3. The molecule has 0 aromatic carbocycles. The van der Waals surface area contributed by atoms with Crippen molar-refractivity contribution in [1.82, 2.24) is 0 Å². The molecule has 0 amide bonds. The Kier molecular flexibility index (Phi) is 3.52. The number of allylic oxidation sites excluding steroid dienone is 4. The molecule has 0 aliphatic carbocycles. The topological polar surface area (TPSA) is 20.2 Å². The zero-order chi connectivity index (χ0) is 7.28. The van der Waals surface area contributed by atoms with Crippen molar-refractivity contribution in [2.75, 3.05) is 0 Å². The molecule has 0 atom stereocenters. The first kappa shape index (κ1) is 8.02. The number of hydrogen-bond acceptors (Lipinski definition) is 1. The minimum Gasteiger partial charge on any atom is -0.509 e. The van der Waals surface area contributed by atoms with E-state index >= 15 is 0 Å². The third-order valence-electron chi connectivity index (χ3n) is 0.824. The number of aliphatic hydroxyl groups excluding tert-OH is 1. The van der Waals surface area contributed by atoms with Crippen molar-refractivity contribution in [1.29, 1.82) is 0 Å². The Labute approximate surface area is 56.0 Å². The molecule has 1 nitrogen and oxygen atoms in total. The van der Waals surface area contributed by atoms with Gasteiger partial charge in [-0.1, -0.05) is 18.7 Å². The molecule has 1 N–H and O–H groups in total. The molecule has 0 aliphatic heterocycles. The quantitative estimate of drug-likeness (QED) is 0.443. The Morgan fingerprint density at radius 3 is 2.44 bits per heavy atom. The molecule has 0 saturated heterocycles. The fourth-order valence-corrected chi connectivity index (χ4v) is 0.574. The van der Waals surface area contributed by atoms with E-state index in [1.807, 2.05) is 26.0 Å². The first-order valence-electron chi connectivity index (χ1n) is 2.85. The van der Waals surface area contributed by atoms with Crippen molar-refractivity contribution in [2.24, 2.45) is 0 Å². The summed E-state index contributed by atoms with van der Waals surface area (Å²) in [5, 5.41) is 8.64. The van der Waals surface area contributed by atoms with Crippen LogP contribution in [0.25, 0.3) is 0 Å². The molecule has 0 saturated carbocycles. The van der Waals surface area contributed by atoms with Gasteiger partial charge in [0.05, 0.1) is 0 Å². The number of hydrogen-bond donors (Lipinski definition) is 1. The van der Waals surface area contributed by atoms with Gasteiger partial charge in [-0.3, -0.25) is 0 Å². The van der Waals surface area contributed by atoms with Crippen LogP contribution in [0.3, 0.4) is 0 Å². The second-order valence-corrected chi connectivity index (χ2v) is 1.88. The van der Waals surface area contributed by atoms with Crippen LogP contribution in [0.2, 0.25) is 0 Å². The van der Waals surface area contributed by atoms with Crippen molar-refractivity contribution in [3.63, 3.8) is 0 Å². The van der Waals surface area contributed by atoms with Crippen LogP contribution in [0.15, 0.2) is 36.1 Å². The lowest BCUT2D eigenvalue weighted by atomic mass is 10.2. The van der Waals surface area contributed by atoms with Crippen LogP contribution in [0, 0.1) is 0 Å². The fraction of sp³-hybridized carbons (Fsp3) is 0.250. The lowest BCUT2D eigenvalue weighted by Crippen LogP contribution is -1.71. The molecule has 0 fully saturated rings. The predicted octanol–water partition coefficient (Wildman–Crippen LogP) is 2.58. The normalized spacial score (nSPS) is 12.4. The summed E-state index contributed by atoms with van der Waals surface area (Å²) >= 11 is 0. The third kappa shape index (κ3) is 4.88. The smallest absolute Gasteiger partial charge is 0.108 e. The molecule has 0 spiro atoms. The molecular weight excluding hydrogens is 112 g/mol. The fourth-order valence-electron chi connectivity index (χ4n) is 0.574. The van der Waals surface area contributed by atoms with E-state index in [0.29, 0.717) is 0 Å². The van der Waals surface area contributed by atoms with Gasteiger partial charge in [0.15, 0.2) is 0 Å². The summed E-state index contributed by atoms with van der Waals surface area (Å²) in [6.07, 6.45) is 5.43. The van der Waals surface area contributed by atoms with Gasteiger partial charge in [-0.2, -0.15) is 0 Å². The SMILES string of the molecule is C=C(O)/C=C(C)/C=C\C. The Morgan fingerprint density at radius 2 is 2.11 bits per heavy atom. The van der Waals surface area contributed by atoms with Gasteiger partial charge in [0, 0.05) is 0 Å². The monoisotopic (exact) mass is 124 g/mol. The summed E-state index contributed by atoms with van der Waals surface area (Å²) in [4.78, 5) is 0. The molecule has 0 radical (unpaired) electrons. The van der Waals surface area contributed by atoms with Crippen LogP contribution in [0.5, 0.6) is 0 Å². The summed E-state index contributed by atoms with van der Waals surface area (Å²) in [5.41, 5.74) is 1.00. The number of rotatable bonds is 2. The van der Waals surface area contributed by atoms with Gasteiger partial charge in [0.1, 0.15) is 5.76 Å². The predicted molar refractivity (Wildman–Crippen MR) is 40.3 cm³/mol. The summed E-state index contributed by atoms with van der Waals surface area (Å²) < 4.78 is 0. The number of aliphatic hydroxyl groups is 1. The third-order valence-corrected chi connectivity index (χ3v) is 0.824. The van der Waals surface area contributed by atoms with E-state index in [-0.39, 0.29) is 5.76 Å². The van der Waals surface area contributed by atoms with E-state index in [4.69, 9.17) is 5.11 Å². The minimum atomic E-state index is 0.102. The Balaban J connectivity index is 4.00. The largest absolute Gasteiger partial charge is 0.509 e. The molecule has 0 unspecified atom stereocenters. The van der Waals surface area contributed by atoms with E-state index in [2.05, 4.69) is 6.58 Å². The van der Waals surface area contributed by atoms with E-state index in [1.54, 1.807) is 6.08 Å². The highest BCUT2D eigenvalue weighted by molar-refractivity contribution is 5.22. The van der Waals surface area contributed by atoms with E-state index in [1.165, 1.54) is 0 Å². The van der Waals surface area contributed by atoms with E-state index < -0.39 is 0 Å².